The molecule has 0 saturated carbocycles. The first-order valence-electron chi connectivity index (χ1n) is 11.1. The van der Waals surface area contributed by atoms with Gasteiger partial charge in [0, 0.05) is 11.8 Å². The Labute approximate surface area is 186 Å². The number of rotatable bonds is 11. The first-order valence-corrected chi connectivity index (χ1v) is 11.1. The zero-order chi connectivity index (χ0) is 22.2. The molecule has 0 atom stereocenters. The highest BCUT2D eigenvalue weighted by molar-refractivity contribution is 5.63. The maximum Gasteiger partial charge on any atom is 0.0959 e. The van der Waals surface area contributed by atoms with Crippen molar-refractivity contribution in [3.05, 3.63) is 71.4 Å². The van der Waals surface area contributed by atoms with Gasteiger partial charge in [-0.05, 0) is 95.8 Å². The molecule has 166 valence electrons. The van der Waals surface area contributed by atoms with Crippen molar-refractivity contribution < 1.29 is 5.11 Å². The molecule has 1 heterocycles. The maximum atomic E-state index is 9.31. The van der Waals surface area contributed by atoms with E-state index in [1.165, 1.54) is 23.1 Å². The standard InChI is InChI=1S/C26H36N4O/c1-28(2)17-5-7-21-9-13-23(14-10-21)26-24(8-6-18-29(3)4)19-30(27-26)25-15-11-22(20-31)12-16-25/h9-16,19,31H,5-8,17-18,20H2,1-4H3. The van der Waals surface area contributed by atoms with Crippen LogP contribution >= 0.6 is 0 Å². The van der Waals surface area contributed by atoms with Crippen molar-refractivity contribution in [2.24, 2.45) is 0 Å². The zero-order valence-corrected chi connectivity index (χ0v) is 19.4. The highest BCUT2D eigenvalue weighted by Gasteiger charge is 2.13. The van der Waals surface area contributed by atoms with Crippen molar-refractivity contribution in [2.75, 3.05) is 41.3 Å². The van der Waals surface area contributed by atoms with E-state index < -0.39 is 0 Å². The first kappa shape index (κ1) is 23.2. The van der Waals surface area contributed by atoms with Crippen LogP contribution < -0.4 is 0 Å². The highest BCUT2D eigenvalue weighted by atomic mass is 16.3. The number of nitrogens with zero attached hydrogens (tertiary/aromatic N) is 4. The fraction of sp³-hybridized carbons (Fsp3) is 0.423. The van der Waals surface area contributed by atoms with Gasteiger partial charge in [-0.2, -0.15) is 5.10 Å². The van der Waals surface area contributed by atoms with Gasteiger partial charge in [-0.15, -0.1) is 0 Å². The van der Waals surface area contributed by atoms with Gasteiger partial charge < -0.3 is 14.9 Å². The Bertz CT molecular complexity index is 927. The fourth-order valence-corrected chi connectivity index (χ4v) is 3.74. The molecule has 2 aromatic carbocycles. The molecule has 3 rings (SSSR count). The number of aliphatic hydroxyl groups excluding tert-OH is 1. The highest BCUT2D eigenvalue weighted by Crippen LogP contribution is 2.26. The molecule has 0 bridgehead atoms. The number of hydrogen-bond donors (Lipinski definition) is 1. The molecule has 5 heteroatoms. The van der Waals surface area contributed by atoms with E-state index in [9.17, 15) is 5.11 Å². The third kappa shape index (κ3) is 6.76. The van der Waals surface area contributed by atoms with E-state index in [0.29, 0.717) is 0 Å². The Balaban J connectivity index is 1.83. The molecule has 0 amide bonds. The number of aromatic nitrogens is 2. The van der Waals surface area contributed by atoms with Crippen LogP contribution in [0.5, 0.6) is 0 Å². The summed E-state index contributed by atoms with van der Waals surface area (Å²) in [5, 5.41) is 14.3. The van der Waals surface area contributed by atoms with E-state index in [4.69, 9.17) is 5.10 Å². The summed E-state index contributed by atoms with van der Waals surface area (Å²) in [6.45, 7) is 2.22. The molecule has 0 saturated heterocycles. The number of benzene rings is 2. The van der Waals surface area contributed by atoms with Crippen molar-refractivity contribution in [3.8, 4) is 16.9 Å². The number of aryl methyl sites for hydroxylation is 2. The fourth-order valence-electron chi connectivity index (χ4n) is 3.74. The quantitative estimate of drug-likeness (QED) is 0.509. The first-order chi connectivity index (χ1) is 15.0. The lowest BCUT2D eigenvalue weighted by molar-refractivity contribution is 0.282. The van der Waals surface area contributed by atoms with Crippen molar-refractivity contribution in [1.82, 2.24) is 19.6 Å². The summed E-state index contributed by atoms with van der Waals surface area (Å²) in [7, 11) is 8.47. The van der Waals surface area contributed by atoms with Gasteiger partial charge in [0.05, 0.1) is 18.0 Å². The van der Waals surface area contributed by atoms with E-state index >= 15 is 0 Å². The summed E-state index contributed by atoms with van der Waals surface area (Å²) in [5.74, 6) is 0. The summed E-state index contributed by atoms with van der Waals surface area (Å²) >= 11 is 0. The largest absolute Gasteiger partial charge is 0.392 e. The summed E-state index contributed by atoms with van der Waals surface area (Å²) in [6.07, 6.45) is 6.51. The Hall–Kier alpha value is -2.47. The van der Waals surface area contributed by atoms with Gasteiger partial charge in [-0.1, -0.05) is 36.4 Å². The molecule has 31 heavy (non-hydrogen) atoms. The Morgan fingerprint density at radius 1 is 0.774 bits per heavy atom. The monoisotopic (exact) mass is 420 g/mol. The third-order valence-corrected chi connectivity index (χ3v) is 5.52. The SMILES string of the molecule is CN(C)CCCc1ccc(-c2nn(-c3ccc(CO)cc3)cc2CCCN(C)C)cc1. The topological polar surface area (TPSA) is 44.5 Å². The Morgan fingerprint density at radius 2 is 1.35 bits per heavy atom. The van der Waals surface area contributed by atoms with Crippen molar-refractivity contribution >= 4 is 0 Å². The third-order valence-electron chi connectivity index (χ3n) is 5.52. The minimum Gasteiger partial charge on any atom is -0.392 e. The van der Waals surface area contributed by atoms with Crippen LogP contribution in [0, 0.1) is 0 Å². The molecule has 0 spiro atoms. The molecule has 1 aromatic heterocycles. The molecular formula is C26H36N4O. The molecule has 5 nitrogen and oxygen atoms in total. The van der Waals surface area contributed by atoms with E-state index in [1.807, 2.05) is 28.9 Å². The lowest BCUT2D eigenvalue weighted by atomic mass is 10.0. The Morgan fingerprint density at radius 3 is 1.94 bits per heavy atom. The van der Waals surface area contributed by atoms with Crippen LogP contribution in [-0.2, 0) is 19.4 Å². The summed E-state index contributed by atoms with van der Waals surface area (Å²) < 4.78 is 1.96. The summed E-state index contributed by atoms with van der Waals surface area (Å²) in [4.78, 5) is 4.45. The van der Waals surface area contributed by atoms with Crippen molar-refractivity contribution in [2.45, 2.75) is 32.3 Å². The minimum atomic E-state index is 0.0569. The molecule has 0 aliphatic carbocycles. The van der Waals surface area contributed by atoms with Crippen LogP contribution in [0.3, 0.4) is 0 Å². The second-order valence-electron chi connectivity index (χ2n) is 8.78. The molecule has 0 aliphatic rings. The van der Waals surface area contributed by atoms with E-state index in [2.05, 4.69) is 68.5 Å². The molecule has 3 aromatic rings. The van der Waals surface area contributed by atoms with E-state index in [-0.39, 0.29) is 6.61 Å². The normalized spacial score (nSPS) is 11.6. The van der Waals surface area contributed by atoms with Gasteiger partial charge in [0.1, 0.15) is 0 Å². The zero-order valence-electron chi connectivity index (χ0n) is 19.4. The molecule has 1 N–H and O–H groups in total. The summed E-state index contributed by atoms with van der Waals surface area (Å²) in [6, 6.07) is 16.8. The van der Waals surface area contributed by atoms with Crippen LogP contribution in [0.15, 0.2) is 54.7 Å². The van der Waals surface area contributed by atoms with Gasteiger partial charge in [0.2, 0.25) is 0 Å². The van der Waals surface area contributed by atoms with E-state index in [1.54, 1.807) is 0 Å². The van der Waals surface area contributed by atoms with Crippen molar-refractivity contribution in [3.63, 3.8) is 0 Å². The van der Waals surface area contributed by atoms with Crippen LogP contribution in [0.4, 0.5) is 0 Å². The lowest BCUT2D eigenvalue weighted by Gasteiger charge is -2.10. The predicted molar refractivity (Wildman–Crippen MR) is 129 cm³/mol. The van der Waals surface area contributed by atoms with Crippen LogP contribution in [0.2, 0.25) is 0 Å². The Kier molecular flexibility index (Phi) is 8.41. The molecule has 0 unspecified atom stereocenters. The molecule has 0 aliphatic heterocycles. The van der Waals surface area contributed by atoms with Gasteiger partial charge in [0.15, 0.2) is 0 Å². The molecule has 0 radical (unpaired) electrons. The maximum absolute atomic E-state index is 9.31. The predicted octanol–water partition coefficient (Wildman–Crippen LogP) is 4.02. The van der Waals surface area contributed by atoms with Crippen LogP contribution in [-0.4, -0.2) is 66.0 Å². The van der Waals surface area contributed by atoms with Crippen LogP contribution in [0.1, 0.15) is 29.5 Å². The lowest BCUT2D eigenvalue weighted by Crippen LogP contribution is -2.13. The van der Waals surface area contributed by atoms with Crippen LogP contribution in [0.25, 0.3) is 16.9 Å². The average molecular weight is 421 g/mol. The molecule has 0 fully saturated rings. The van der Waals surface area contributed by atoms with Gasteiger partial charge in [0.25, 0.3) is 0 Å². The minimum absolute atomic E-state index is 0.0569. The van der Waals surface area contributed by atoms with Crippen molar-refractivity contribution in [1.29, 1.82) is 0 Å². The average Bonchev–Trinajstić information content (AvgIpc) is 3.18. The van der Waals surface area contributed by atoms with Gasteiger partial charge in [-0.3, -0.25) is 0 Å². The second kappa shape index (κ2) is 11.2. The smallest absolute Gasteiger partial charge is 0.0959 e. The molecular weight excluding hydrogens is 384 g/mol. The second-order valence-corrected chi connectivity index (χ2v) is 8.78. The van der Waals surface area contributed by atoms with Gasteiger partial charge >= 0.3 is 0 Å². The number of hydrogen-bond acceptors (Lipinski definition) is 4. The van der Waals surface area contributed by atoms with E-state index in [0.717, 1.165) is 49.3 Å². The van der Waals surface area contributed by atoms with Gasteiger partial charge in [-0.25, -0.2) is 4.68 Å². The number of aliphatic hydroxyl groups is 1. The summed E-state index contributed by atoms with van der Waals surface area (Å²) in [5.41, 5.74) is 6.80.